The Balaban J connectivity index is 1.78. The number of amides is 2. The van der Waals surface area contributed by atoms with Crippen LogP contribution in [0.2, 0.25) is 0 Å². The second kappa shape index (κ2) is 10.3. The van der Waals surface area contributed by atoms with E-state index in [-0.39, 0.29) is 29.9 Å². The summed E-state index contributed by atoms with van der Waals surface area (Å²) in [6.45, 7) is 0.0166. The minimum absolute atomic E-state index is 0.0927. The fourth-order valence-electron chi connectivity index (χ4n) is 3.70. The van der Waals surface area contributed by atoms with Crippen molar-refractivity contribution in [3.63, 3.8) is 0 Å². The number of nitrogens with one attached hydrogen (secondary N) is 1. The molecule has 0 saturated carbocycles. The Kier molecular flexibility index (Phi) is 7.16. The molecule has 1 atom stereocenters. The molecule has 0 aromatic heterocycles. The Bertz CT molecular complexity index is 1260. The first-order valence-corrected chi connectivity index (χ1v) is 11.6. The summed E-state index contributed by atoms with van der Waals surface area (Å²) in [4.78, 5) is 28.4. The van der Waals surface area contributed by atoms with E-state index in [1.807, 2.05) is 0 Å². The summed E-state index contributed by atoms with van der Waals surface area (Å²) in [5, 5.41) is 2.71. The van der Waals surface area contributed by atoms with Crippen molar-refractivity contribution in [3.05, 3.63) is 89.2 Å². The van der Waals surface area contributed by atoms with Crippen LogP contribution in [0, 0.1) is 5.82 Å². The molecule has 1 aliphatic rings. The van der Waals surface area contributed by atoms with E-state index in [9.17, 15) is 18.2 Å². The van der Waals surface area contributed by atoms with Gasteiger partial charge in [-0.3, -0.25) is 9.59 Å². The van der Waals surface area contributed by atoms with Crippen LogP contribution in [0.1, 0.15) is 26.3 Å². The zero-order chi connectivity index (χ0) is 24.2. The number of rotatable bonds is 7. The largest absolute Gasteiger partial charge is 0.354 e. The van der Waals surface area contributed by atoms with Crippen LogP contribution in [-0.2, 0) is 26.8 Å². The van der Waals surface area contributed by atoms with Gasteiger partial charge in [0.25, 0.3) is 11.8 Å². The number of anilines is 1. The van der Waals surface area contributed by atoms with Crippen LogP contribution in [0.3, 0.4) is 0 Å². The lowest BCUT2D eigenvalue weighted by atomic mass is 10.1. The minimum Gasteiger partial charge on any atom is -0.354 e. The Hall–Kier alpha value is -3.40. The maximum Gasteiger partial charge on any atom is 0.259 e. The highest BCUT2D eigenvalue weighted by atomic mass is 32.2. The number of ether oxygens (including phenoxy) is 2. The van der Waals surface area contributed by atoms with E-state index in [4.69, 9.17) is 9.47 Å². The van der Waals surface area contributed by atoms with Gasteiger partial charge in [0.05, 0.1) is 44.9 Å². The van der Waals surface area contributed by atoms with Crippen molar-refractivity contribution in [2.45, 2.75) is 22.6 Å². The maximum absolute atomic E-state index is 14.5. The van der Waals surface area contributed by atoms with Crippen molar-refractivity contribution in [2.24, 2.45) is 0 Å². The first-order chi connectivity index (χ1) is 16.4. The molecule has 3 aromatic rings. The number of halogens is 1. The topological polar surface area (TPSA) is 84.9 Å². The van der Waals surface area contributed by atoms with Crippen LogP contribution in [0.25, 0.3) is 0 Å². The molecule has 4 rings (SSSR count). The Morgan fingerprint density at radius 3 is 2.47 bits per heavy atom. The summed E-state index contributed by atoms with van der Waals surface area (Å²) in [5.41, 5.74) is 1.09. The third-order valence-electron chi connectivity index (χ3n) is 5.52. The second-order valence-electron chi connectivity index (χ2n) is 7.54. The number of hydrogen-bond acceptors (Lipinski definition) is 5. The highest BCUT2D eigenvalue weighted by Gasteiger charge is 2.32. The summed E-state index contributed by atoms with van der Waals surface area (Å²) in [7, 11) is 1.24. The predicted octanol–water partition coefficient (Wildman–Crippen LogP) is 3.50. The number of nitrogens with zero attached hydrogens (tertiary/aromatic N) is 1. The number of hydrogen-bond donors (Lipinski definition) is 1. The molecule has 0 spiro atoms. The third-order valence-corrected chi connectivity index (χ3v) is 7.02. The molecule has 0 fully saturated rings. The van der Waals surface area contributed by atoms with E-state index in [0.717, 1.165) is 0 Å². The summed E-state index contributed by atoms with van der Waals surface area (Å²) in [6.07, 6.45) is -0.620. The molecule has 0 bridgehead atoms. The number of carbonyl (C=O) groups excluding carboxylic acids is 2. The normalized spacial score (nSPS) is 15.0. The molecule has 0 aliphatic carbocycles. The average Bonchev–Trinajstić information content (AvgIpc) is 2.95. The summed E-state index contributed by atoms with van der Waals surface area (Å²) in [5.74, 6) is -1.32. The molecule has 7 nitrogen and oxygen atoms in total. The Morgan fingerprint density at radius 1 is 1.03 bits per heavy atom. The highest BCUT2D eigenvalue weighted by molar-refractivity contribution is 7.85. The van der Waals surface area contributed by atoms with Gasteiger partial charge in [0.15, 0.2) is 6.29 Å². The van der Waals surface area contributed by atoms with Gasteiger partial charge in [-0.05, 0) is 36.4 Å². The number of fused-ring (bicyclic) bond motifs is 2. The Labute approximate surface area is 198 Å². The van der Waals surface area contributed by atoms with Crippen molar-refractivity contribution in [1.82, 2.24) is 5.32 Å². The third kappa shape index (κ3) is 4.63. The molecule has 0 unspecified atom stereocenters. The zero-order valence-corrected chi connectivity index (χ0v) is 19.4. The van der Waals surface area contributed by atoms with Crippen LogP contribution in [0.5, 0.6) is 0 Å². The van der Waals surface area contributed by atoms with Crippen LogP contribution in [0.4, 0.5) is 10.1 Å². The predicted molar refractivity (Wildman–Crippen MR) is 125 cm³/mol. The summed E-state index contributed by atoms with van der Waals surface area (Å²) >= 11 is 0. The fourth-order valence-corrected chi connectivity index (χ4v) is 5.04. The quantitative estimate of drug-likeness (QED) is 0.521. The molecule has 0 saturated heterocycles. The molecule has 176 valence electrons. The lowest BCUT2D eigenvalue weighted by molar-refractivity contribution is -0.0974. The number of methoxy groups -OCH3 is 2. The Morgan fingerprint density at radius 2 is 1.74 bits per heavy atom. The van der Waals surface area contributed by atoms with Crippen molar-refractivity contribution in [1.29, 1.82) is 0 Å². The molecule has 1 heterocycles. The summed E-state index contributed by atoms with van der Waals surface area (Å²) in [6, 6.07) is 17.4. The minimum atomic E-state index is -1.68. The molecule has 1 N–H and O–H groups in total. The first kappa shape index (κ1) is 23.7. The van der Waals surface area contributed by atoms with Gasteiger partial charge in [-0.2, -0.15) is 0 Å². The lowest BCUT2D eigenvalue weighted by Crippen LogP contribution is -2.34. The molecule has 0 radical (unpaired) electrons. The standard InChI is InChI=1S/C25H23FN2O5S/c1-32-23(33-2)14-27-24(29)16-11-12-22-20(13-16)28(15-17-7-3-5-9-19(17)26)25(30)18-8-4-6-10-21(18)34(22)31/h3-13,23H,14-15H2,1-2H3,(H,27,29)/t34-/m1/s1. The fraction of sp³-hybridized carbons (Fsp3) is 0.200. The van der Waals surface area contributed by atoms with E-state index in [0.29, 0.717) is 15.4 Å². The van der Waals surface area contributed by atoms with Crippen LogP contribution in [-0.4, -0.2) is 43.1 Å². The molecule has 9 heteroatoms. The average molecular weight is 483 g/mol. The van der Waals surface area contributed by atoms with E-state index < -0.39 is 34.7 Å². The second-order valence-corrected chi connectivity index (χ2v) is 8.96. The van der Waals surface area contributed by atoms with Crippen LogP contribution < -0.4 is 10.2 Å². The maximum atomic E-state index is 14.5. The molecule has 2 amide bonds. The SMILES string of the molecule is COC(CNC(=O)c1ccc2c(c1)N(Cc1ccccc1F)C(=O)c1ccccc1[S@]2=O)OC. The van der Waals surface area contributed by atoms with Gasteiger partial charge in [0, 0.05) is 25.3 Å². The van der Waals surface area contributed by atoms with Gasteiger partial charge in [-0.25, -0.2) is 8.60 Å². The van der Waals surface area contributed by atoms with Crippen molar-refractivity contribution >= 4 is 28.3 Å². The van der Waals surface area contributed by atoms with E-state index in [1.165, 1.54) is 31.3 Å². The summed E-state index contributed by atoms with van der Waals surface area (Å²) < 4.78 is 38.1. The van der Waals surface area contributed by atoms with Crippen LogP contribution >= 0.6 is 0 Å². The number of carbonyl (C=O) groups is 2. The number of benzene rings is 3. The molecule has 1 aliphatic heterocycles. The van der Waals surface area contributed by atoms with Crippen molar-refractivity contribution < 1.29 is 27.7 Å². The molecule has 3 aromatic carbocycles. The zero-order valence-electron chi connectivity index (χ0n) is 18.6. The van der Waals surface area contributed by atoms with Gasteiger partial charge in [-0.1, -0.05) is 30.3 Å². The van der Waals surface area contributed by atoms with Gasteiger partial charge in [0.2, 0.25) is 0 Å². The van der Waals surface area contributed by atoms with E-state index in [1.54, 1.807) is 54.6 Å². The first-order valence-electron chi connectivity index (χ1n) is 10.5. The monoisotopic (exact) mass is 482 g/mol. The molecular weight excluding hydrogens is 459 g/mol. The van der Waals surface area contributed by atoms with Gasteiger partial charge < -0.3 is 19.7 Å². The lowest BCUT2D eigenvalue weighted by Gasteiger charge is -2.24. The highest BCUT2D eigenvalue weighted by Crippen LogP contribution is 2.36. The molecular formula is C25H23FN2O5S. The van der Waals surface area contributed by atoms with Crippen molar-refractivity contribution in [3.8, 4) is 0 Å². The van der Waals surface area contributed by atoms with Gasteiger partial charge in [0.1, 0.15) is 5.82 Å². The van der Waals surface area contributed by atoms with E-state index in [2.05, 4.69) is 5.32 Å². The van der Waals surface area contributed by atoms with Crippen molar-refractivity contribution in [2.75, 3.05) is 25.7 Å². The van der Waals surface area contributed by atoms with Crippen LogP contribution in [0.15, 0.2) is 76.5 Å². The molecule has 34 heavy (non-hydrogen) atoms. The van der Waals surface area contributed by atoms with Gasteiger partial charge in [-0.15, -0.1) is 0 Å². The smallest absolute Gasteiger partial charge is 0.259 e. The van der Waals surface area contributed by atoms with E-state index >= 15 is 0 Å². The van der Waals surface area contributed by atoms with Gasteiger partial charge >= 0.3 is 0 Å².